The van der Waals surface area contributed by atoms with Crippen molar-refractivity contribution in [3.63, 3.8) is 0 Å². The van der Waals surface area contributed by atoms with Crippen LogP contribution in [0.4, 0.5) is 4.79 Å². The number of aliphatic imine (C=N–C) groups is 1. The van der Waals surface area contributed by atoms with E-state index in [1.807, 2.05) is 6.92 Å². The number of urea groups is 1. The van der Waals surface area contributed by atoms with Crippen molar-refractivity contribution in [2.45, 2.75) is 44.2 Å². The van der Waals surface area contributed by atoms with Gasteiger partial charge in [-0.25, -0.2) is 4.79 Å². The van der Waals surface area contributed by atoms with E-state index >= 15 is 0 Å². The van der Waals surface area contributed by atoms with Crippen LogP contribution in [-0.4, -0.2) is 76.7 Å². The Labute approximate surface area is 181 Å². The summed E-state index contributed by atoms with van der Waals surface area (Å²) in [4.78, 5) is 30.5. The molecule has 0 radical (unpaired) electrons. The highest BCUT2D eigenvalue weighted by atomic mass is 127. The van der Waals surface area contributed by atoms with Gasteiger partial charge in [-0.3, -0.25) is 15.1 Å². The molecule has 2 unspecified atom stereocenters. The maximum absolute atomic E-state index is 12.1. The molecule has 0 aromatic heterocycles. The molecule has 3 heterocycles. The number of carbonyl (C=O) groups excluding carboxylic acids is 2. The number of nitrogens with zero attached hydrogens (tertiary/aromatic N) is 2. The molecule has 3 fully saturated rings. The number of imide groups is 1. The molecule has 3 aliphatic rings. The van der Waals surface area contributed by atoms with Gasteiger partial charge < -0.3 is 20.6 Å². The number of nitrogens with one attached hydrogen (secondary N) is 3. The van der Waals surface area contributed by atoms with E-state index in [4.69, 9.17) is 0 Å². The average molecular weight is 511 g/mol. The largest absolute Gasteiger partial charge is 0.387 e. The van der Waals surface area contributed by atoms with E-state index < -0.39 is 17.2 Å². The Bertz CT molecular complexity index is 591. The summed E-state index contributed by atoms with van der Waals surface area (Å²) in [6.45, 7) is 6.55. The Morgan fingerprint density at radius 2 is 2.11 bits per heavy atom. The summed E-state index contributed by atoms with van der Waals surface area (Å²) in [7, 11) is 0. The average Bonchev–Trinajstić information content (AvgIpc) is 3.16. The van der Waals surface area contributed by atoms with Gasteiger partial charge in [-0.15, -0.1) is 24.0 Å². The molecule has 3 saturated heterocycles. The highest BCUT2D eigenvalue weighted by Gasteiger charge is 2.48. The van der Waals surface area contributed by atoms with Gasteiger partial charge >= 0.3 is 6.03 Å². The van der Waals surface area contributed by atoms with Gasteiger partial charge in [-0.1, -0.05) is 0 Å². The number of aliphatic hydroxyl groups is 1. The Hall–Kier alpha value is -0.750. The van der Waals surface area contributed by atoms with Gasteiger partial charge in [-0.05, 0) is 44.8 Å². The van der Waals surface area contributed by atoms with Crippen molar-refractivity contribution >= 4 is 53.6 Å². The summed E-state index contributed by atoms with van der Waals surface area (Å²) < 4.78 is 0. The predicted molar refractivity (Wildman–Crippen MR) is 118 cm³/mol. The molecule has 3 aliphatic heterocycles. The van der Waals surface area contributed by atoms with Gasteiger partial charge in [0.05, 0.1) is 12.1 Å². The number of likely N-dealkylation sites (tertiary alicyclic amines) is 1. The van der Waals surface area contributed by atoms with Crippen LogP contribution in [0.5, 0.6) is 0 Å². The topological polar surface area (TPSA) is 106 Å². The van der Waals surface area contributed by atoms with Crippen molar-refractivity contribution in [2.24, 2.45) is 10.9 Å². The fourth-order valence-electron chi connectivity index (χ4n) is 3.88. The summed E-state index contributed by atoms with van der Waals surface area (Å²) in [5.41, 5.74) is -1.52. The van der Waals surface area contributed by atoms with E-state index in [9.17, 15) is 14.7 Å². The van der Waals surface area contributed by atoms with Crippen molar-refractivity contribution in [1.82, 2.24) is 20.9 Å². The lowest BCUT2D eigenvalue weighted by Crippen LogP contribution is -2.55. The van der Waals surface area contributed by atoms with Gasteiger partial charge in [0.25, 0.3) is 5.91 Å². The number of guanidine groups is 1. The molecule has 8 nitrogen and oxygen atoms in total. The van der Waals surface area contributed by atoms with E-state index in [0.29, 0.717) is 6.54 Å². The number of thioether (sulfide) groups is 1. The molecule has 4 N–H and O–H groups in total. The zero-order chi connectivity index (χ0) is 18.8. The molecule has 0 bridgehead atoms. The standard InChI is InChI=1S/C17H29N5O3S.HI/c1-3-18-14(19-10-17(25)6-9-26-11-17)22-7-4-12(5-8-22)16(2)13(23)20-15(24)21-16;/h12,25H,3-11H2,1-2H3,(H,18,19)(H2,20,21,23,24);1H. The monoisotopic (exact) mass is 511 g/mol. The fourth-order valence-corrected chi connectivity index (χ4v) is 5.17. The third-order valence-corrected chi connectivity index (χ3v) is 6.86. The van der Waals surface area contributed by atoms with Crippen LogP contribution in [0.2, 0.25) is 0 Å². The number of rotatable bonds is 4. The van der Waals surface area contributed by atoms with E-state index in [1.54, 1.807) is 18.7 Å². The Morgan fingerprint density at radius 3 is 2.63 bits per heavy atom. The molecule has 0 saturated carbocycles. The van der Waals surface area contributed by atoms with Crippen molar-refractivity contribution < 1.29 is 14.7 Å². The van der Waals surface area contributed by atoms with Crippen LogP contribution in [-0.2, 0) is 4.79 Å². The summed E-state index contributed by atoms with van der Waals surface area (Å²) in [6.07, 6.45) is 2.39. The lowest BCUT2D eigenvalue weighted by atomic mass is 9.79. The summed E-state index contributed by atoms with van der Waals surface area (Å²) in [6, 6.07) is -0.405. The molecule has 0 aromatic carbocycles. The minimum Gasteiger partial charge on any atom is -0.387 e. The SMILES string of the molecule is CCNC(=NCC1(O)CCSC1)N1CCC(C2(C)NC(=O)NC2=O)CC1.I. The molecule has 2 atom stereocenters. The fraction of sp³-hybridized carbons (Fsp3) is 0.824. The van der Waals surface area contributed by atoms with Crippen molar-refractivity contribution in [1.29, 1.82) is 0 Å². The summed E-state index contributed by atoms with van der Waals surface area (Å²) >= 11 is 1.77. The molecular formula is C17H30IN5O3S. The smallest absolute Gasteiger partial charge is 0.322 e. The second-order valence-electron chi connectivity index (χ2n) is 7.57. The van der Waals surface area contributed by atoms with Crippen LogP contribution in [0.25, 0.3) is 0 Å². The van der Waals surface area contributed by atoms with Crippen molar-refractivity contribution in [3.05, 3.63) is 0 Å². The summed E-state index contributed by atoms with van der Waals surface area (Å²) in [5.74, 6) is 2.41. The van der Waals surface area contributed by atoms with Gasteiger partial charge in [0.1, 0.15) is 5.54 Å². The first-order valence-corrected chi connectivity index (χ1v) is 10.5. The van der Waals surface area contributed by atoms with Crippen LogP contribution in [0.1, 0.15) is 33.1 Å². The molecule has 27 heavy (non-hydrogen) atoms. The van der Waals surface area contributed by atoms with Gasteiger partial charge in [0.2, 0.25) is 0 Å². The zero-order valence-corrected chi connectivity index (χ0v) is 19.1. The quantitative estimate of drug-likeness (QED) is 0.192. The van der Waals surface area contributed by atoms with Crippen LogP contribution in [0.15, 0.2) is 4.99 Å². The predicted octanol–water partition coefficient (Wildman–Crippen LogP) is 0.748. The minimum absolute atomic E-state index is 0. The van der Waals surface area contributed by atoms with Crippen LogP contribution in [0, 0.1) is 5.92 Å². The minimum atomic E-state index is -0.825. The van der Waals surface area contributed by atoms with E-state index in [1.165, 1.54) is 0 Å². The molecule has 0 aliphatic carbocycles. The number of carbonyl (C=O) groups is 2. The lowest BCUT2D eigenvalue weighted by Gasteiger charge is -2.40. The van der Waals surface area contributed by atoms with Gasteiger partial charge in [-0.2, -0.15) is 11.8 Å². The Kier molecular flexibility index (Phi) is 7.65. The normalized spacial score (nSPS) is 32.1. The van der Waals surface area contributed by atoms with Gasteiger partial charge in [0, 0.05) is 25.4 Å². The van der Waals surface area contributed by atoms with E-state index in [0.717, 1.165) is 56.4 Å². The highest BCUT2D eigenvalue weighted by Crippen LogP contribution is 2.31. The second-order valence-corrected chi connectivity index (χ2v) is 8.67. The molecule has 3 rings (SSSR count). The number of hydrogen-bond donors (Lipinski definition) is 4. The molecule has 10 heteroatoms. The zero-order valence-electron chi connectivity index (χ0n) is 15.9. The third-order valence-electron chi connectivity index (χ3n) is 5.62. The maximum Gasteiger partial charge on any atom is 0.322 e. The summed E-state index contributed by atoms with van der Waals surface area (Å²) in [5, 5.41) is 19.0. The highest BCUT2D eigenvalue weighted by molar-refractivity contribution is 14.0. The van der Waals surface area contributed by atoms with E-state index in [2.05, 4.69) is 25.8 Å². The molecule has 0 aromatic rings. The Balaban J connectivity index is 0.00000261. The van der Waals surface area contributed by atoms with E-state index in [-0.39, 0.29) is 35.8 Å². The van der Waals surface area contributed by atoms with Crippen LogP contribution in [0.3, 0.4) is 0 Å². The first-order chi connectivity index (χ1) is 12.4. The molecular weight excluding hydrogens is 481 g/mol. The molecule has 0 spiro atoms. The molecule has 154 valence electrons. The number of hydrogen-bond acceptors (Lipinski definition) is 5. The van der Waals surface area contributed by atoms with Gasteiger partial charge in [0.15, 0.2) is 5.96 Å². The van der Waals surface area contributed by atoms with Crippen molar-refractivity contribution in [2.75, 3.05) is 37.7 Å². The van der Waals surface area contributed by atoms with Crippen LogP contribution < -0.4 is 16.0 Å². The lowest BCUT2D eigenvalue weighted by molar-refractivity contribution is -0.125. The first-order valence-electron chi connectivity index (χ1n) is 9.33. The second kappa shape index (κ2) is 9.17. The maximum atomic E-state index is 12.1. The Morgan fingerprint density at radius 1 is 1.41 bits per heavy atom. The number of piperidine rings is 1. The van der Waals surface area contributed by atoms with Crippen LogP contribution >= 0.6 is 35.7 Å². The first kappa shape index (κ1) is 22.5. The third kappa shape index (κ3) is 5.00. The number of halogens is 1. The molecule has 3 amide bonds. The number of amides is 3. The van der Waals surface area contributed by atoms with Crippen molar-refractivity contribution in [3.8, 4) is 0 Å².